The molecule has 0 fully saturated rings. The molecule has 0 radical (unpaired) electrons. The number of benzene rings is 3. The van der Waals surface area contributed by atoms with E-state index in [4.69, 9.17) is 4.74 Å². The van der Waals surface area contributed by atoms with Crippen molar-refractivity contribution in [3.8, 4) is 16.9 Å². The quantitative estimate of drug-likeness (QED) is 0.442. The van der Waals surface area contributed by atoms with Gasteiger partial charge in [-0.1, -0.05) is 54.6 Å². The van der Waals surface area contributed by atoms with Gasteiger partial charge < -0.3 is 4.74 Å². The van der Waals surface area contributed by atoms with Crippen LogP contribution >= 0.6 is 0 Å². The number of hydrogen-bond acceptors (Lipinski definition) is 3. The standard InChI is InChI=1S/C23H16F2N2O2/c24-19-12-7-13-20(25)21(19)23(28)29-15-17-14-27(18-10-5-2-6-11-18)26-22(17)16-8-3-1-4-9-16/h1-14H,15H2. The molecule has 144 valence electrons. The molecule has 0 atom stereocenters. The number of para-hydroxylation sites is 1. The summed E-state index contributed by atoms with van der Waals surface area (Å²) in [7, 11) is 0. The SMILES string of the molecule is O=C(OCc1cn(-c2ccccc2)nc1-c1ccccc1)c1c(F)cccc1F. The van der Waals surface area contributed by atoms with E-state index >= 15 is 0 Å². The van der Waals surface area contributed by atoms with Crippen LogP contribution in [0.1, 0.15) is 15.9 Å². The van der Waals surface area contributed by atoms with Crippen LogP contribution in [0.3, 0.4) is 0 Å². The summed E-state index contributed by atoms with van der Waals surface area (Å²) in [5.41, 5.74) is 2.21. The average molecular weight is 390 g/mol. The highest BCUT2D eigenvalue weighted by Crippen LogP contribution is 2.25. The summed E-state index contributed by atoms with van der Waals surface area (Å²) < 4.78 is 34.6. The third-order valence-electron chi connectivity index (χ3n) is 4.38. The number of halogens is 2. The summed E-state index contributed by atoms with van der Waals surface area (Å²) in [4.78, 5) is 12.3. The van der Waals surface area contributed by atoms with Gasteiger partial charge >= 0.3 is 5.97 Å². The number of ether oxygens (including phenoxy) is 1. The molecule has 4 nitrogen and oxygen atoms in total. The fourth-order valence-corrected chi connectivity index (χ4v) is 2.98. The molecule has 0 N–H and O–H groups in total. The van der Waals surface area contributed by atoms with Gasteiger partial charge in [-0.15, -0.1) is 0 Å². The van der Waals surface area contributed by atoms with Gasteiger partial charge in [0.15, 0.2) is 0 Å². The van der Waals surface area contributed by atoms with Crippen LogP contribution in [0.5, 0.6) is 0 Å². The molecule has 0 bridgehead atoms. The van der Waals surface area contributed by atoms with E-state index < -0.39 is 23.2 Å². The molecule has 0 spiro atoms. The Labute approximate surface area is 166 Å². The van der Waals surface area contributed by atoms with E-state index in [0.717, 1.165) is 23.4 Å². The Balaban J connectivity index is 1.66. The van der Waals surface area contributed by atoms with Crippen molar-refractivity contribution in [1.82, 2.24) is 9.78 Å². The highest BCUT2D eigenvalue weighted by molar-refractivity contribution is 5.90. The van der Waals surface area contributed by atoms with Gasteiger partial charge in [0.25, 0.3) is 0 Å². The van der Waals surface area contributed by atoms with Crippen molar-refractivity contribution in [3.05, 3.63) is 108 Å². The van der Waals surface area contributed by atoms with Crippen LogP contribution in [0.4, 0.5) is 8.78 Å². The first-order chi connectivity index (χ1) is 14.1. The highest BCUT2D eigenvalue weighted by atomic mass is 19.1. The number of nitrogens with zero attached hydrogens (tertiary/aromatic N) is 2. The maximum absolute atomic E-state index is 13.8. The Morgan fingerprint density at radius 2 is 1.48 bits per heavy atom. The minimum absolute atomic E-state index is 0.177. The van der Waals surface area contributed by atoms with Crippen LogP contribution in [-0.2, 0) is 11.3 Å². The lowest BCUT2D eigenvalue weighted by molar-refractivity contribution is 0.0462. The molecule has 0 saturated carbocycles. The number of carbonyl (C=O) groups excluding carboxylic acids is 1. The molecule has 0 amide bonds. The predicted molar refractivity (Wildman–Crippen MR) is 104 cm³/mol. The lowest BCUT2D eigenvalue weighted by Gasteiger charge is -2.07. The highest BCUT2D eigenvalue weighted by Gasteiger charge is 2.20. The first-order valence-corrected chi connectivity index (χ1v) is 8.94. The zero-order valence-electron chi connectivity index (χ0n) is 15.3. The Kier molecular flexibility index (Phi) is 5.16. The minimum Gasteiger partial charge on any atom is -0.457 e. The van der Waals surface area contributed by atoms with Crippen molar-refractivity contribution in [2.75, 3.05) is 0 Å². The van der Waals surface area contributed by atoms with E-state index in [9.17, 15) is 13.6 Å². The molecule has 29 heavy (non-hydrogen) atoms. The third kappa shape index (κ3) is 3.91. The second-order valence-corrected chi connectivity index (χ2v) is 6.32. The number of esters is 1. The normalized spacial score (nSPS) is 10.7. The van der Waals surface area contributed by atoms with E-state index in [0.29, 0.717) is 11.3 Å². The molecule has 3 aromatic carbocycles. The van der Waals surface area contributed by atoms with Gasteiger partial charge in [0.2, 0.25) is 0 Å². The largest absolute Gasteiger partial charge is 0.457 e. The average Bonchev–Trinajstić information content (AvgIpc) is 3.18. The Bertz CT molecular complexity index is 1120. The molecule has 0 saturated heterocycles. The van der Waals surface area contributed by atoms with Crippen molar-refractivity contribution in [2.24, 2.45) is 0 Å². The molecule has 4 aromatic rings. The minimum atomic E-state index is -1.06. The van der Waals surface area contributed by atoms with Gasteiger partial charge in [0, 0.05) is 17.3 Å². The number of rotatable bonds is 5. The summed E-state index contributed by atoms with van der Waals surface area (Å²) in [5, 5.41) is 4.61. The molecule has 0 aliphatic rings. The number of carbonyl (C=O) groups is 1. The maximum Gasteiger partial charge on any atom is 0.344 e. The summed E-state index contributed by atoms with van der Waals surface area (Å²) in [6, 6.07) is 22.1. The molecule has 1 aromatic heterocycles. The van der Waals surface area contributed by atoms with Gasteiger partial charge in [0.1, 0.15) is 23.8 Å². The van der Waals surface area contributed by atoms with Gasteiger partial charge in [-0.2, -0.15) is 5.10 Å². The van der Waals surface area contributed by atoms with Gasteiger partial charge in [0.05, 0.1) is 11.4 Å². The van der Waals surface area contributed by atoms with Crippen LogP contribution in [0, 0.1) is 11.6 Å². The van der Waals surface area contributed by atoms with Crippen molar-refractivity contribution in [1.29, 1.82) is 0 Å². The Hall–Kier alpha value is -3.80. The second-order valence-electron chi connectivity index (χ2n) is 6.32. The van der Waals surface area contributed by atoms with Crippen LogP contribution in [0.25, 0.3) is 16.9 Å². The summed E-state index contributed by atoms with van der Waals surface area (Å²) in [5.74, 6) is -2.98. The van der Waals surface area contributed by atoms with E-state index in [1.54, 1.807) is 10.9 Å². The lowest BCUT2D eigenvalue weighted by atomic mass is 10.1. The van der Waals surface area contributed by atoms with E-state index in [1.807, 2.05) is 60.7 Å². The van der Waals surface area contributed by atoms with E-state index in [-0.39, 0.29) is 6.61 Å². The van der Waals surface area contributed by atoms with Crippen LogP contribution < -0.4 is 0 Å². The number of aromatic nitrogens is 2. The monoisotopic (exact) mass is 390 g/mol. The molecule has 0 aliphatic carbocycles. The zero-order chi connectivity index (χ0) is 20.2. The first kappa shape index (κ1) is 18.6. The van der Waals surface area contributed by atoms with Crippen LogP contribution in [0.2, 0.25) is 0 Å². The smallest absolute Gasteiger partial charge is 0.344 e. The molecule has 0 unspecified atom stereocenters. The summed E-state index contributed by atoms with van der Waals surface area (Å²) in [6.45, 7) is -0.177. The van der Waals surface area contributed by atoms with Crippen molar-refractivity contribution < 1.29 is 18.3 Å². The molecule has 6 heteroatoms. The Morgan fingerprint density at radius 3 is 2.14 bits per heavy atom. The molecular weight excluding hydrogens is 374 g/mol. The molecule has 0 aliphatic heterocycles. The van der Waals surface area contributed by atoms with Crippen molar-refractivity contribution >= 4 is 5.97 Å². The van der Waals surface area contributed by atoms with Gasteiger partial charge in [-0.25, -0.2) is 18.3 Å². The summed E-state index contributed by atoms with van der Waals surface area (Å²) in [6.07, 6.45) is 1.74. The summed E-state index contributed by atoms with van der Waals surface area (Å²) >= 11 is 0. The van der Waals surface area contributed by atoms with E-state index in [2.05, 4.69) is 5.10 Å². The second kappa shape index (κ2) is 8.06. The Morgan fingerprint density at radius 1 is 0.862 bits per heavy atom. The fraction of sp³-hybridized carbons (Fsp3) is 0.0435. The predicted octanol–water partition coefficient (Wildman–Crippen LogP) is 5.17. The third-order valence-corrected chi connectivity index (χ3v) is 4.38. The number of hydrogen-bond donors (Lipinski definition) is 0. The fourth-order valence-electron chi connectivity index (χ4n) is 2.98. The molecular formula is C23H16F2N2O2. The topological polar surface area (TPSA) is 44.1 Å². The van der Waals surface area contributed by atoms with Crippen LogP contribution in [-0.4, -0.2) is 15.7 Å². The molecule has 4 rings (SSSR count). The molecule has 1 heterocycles. The first-order valence-electron chi connectivity index (χ1n) is 8.94. The van der Waals surface area contributed by atoms with Crippen molar-refractivity contribution in [3.63, 3.8) is 0 Å². The van der Waals surface area contributed by atoms with Gasteiger partial charge in [-0.05, 0) is 24.3 Å². The maximum atomic E-state index is 13.8. The zero-order valence-corrected chi connectivity index (χ0v) is 15.3. The lowest BCUT2D eigenvalue weighted by Crippen LogP contribution is -2.10. The van der Waals surface area contributed by atoms with Gasteiger partial charge in [-0.3, -0.25) is 0 Å². The van der Waals surface area contributed by atoms with Crippen LogP contribution in [0.15, 0.2) is 85.1 Å². The van der Waals surface area contributed by atoms with Crippen molar-refractivity contribution in [2.45, 2.75) is 6.61 Å². The van der Waals surface area contributed by atoms with E-state index in [1.165, 1.54) is 6.07 Å².